The Labute approximate surface area is 125 Å². The minimum absolute atomic E-state index is 0.191. The average molecular weight is 299 g/mol. The van der Waals surface area contributed by atoms with E-state index in [1.807, 2.05) is 0 Å². The lowest BCUT2D eigenvalue weighted by molar-refractivity contribution is 0.285. The van der Waals surface area contributed by atoms with Gasteiger partial charge in [-0.3, -0.25) is 11.3 Å². The Balaban J connectivity index is 2.00. The maximum Gasteiger partial charge on any atom is 0.141 e. The molecule has 1 aliphatic carbocycles. The molecular formula is C16H24ClFN2. The third kappa shape index (κ3) is 4.44. The van der Waals surface area contributed by atoms with Crippen LogP contribution in [0.2, 0.25) is 5.02 Å². The maximum absolute atomic E-state index is 13.2. The van der Waals surface area contributed by atoms with Crippen LogP contribution in [0.3, 0.4) is 0 Å². The molecule has 0 heterocycles. The summed E-state index contributed by atoms with van der Waals surface area (Å²) >= 11 is 5.85. The second-order valence-electron chi connectivity index (χ2n) is 5.83. The standard InChI is InChI=1S/C16H24ClFN2/c17-14-10-12(8-9-15(14)18)11-16(20-19)13-6-4-2-1-3-5-7-13/h8-10,13,16,20H,1-7,11,19H2. The lowest BCUT2D eigenvalue weighted by Crippen LogP contribution is -2.42. The number of hydrogen-bond acceptors (Lipinski definition) is 2. The molecule has 4 heteroatoms. The van der Waals surface area contributed by atoms with Crippen LogP contribution in [0.5, 0.6) is 0 Å². The molecule has 1 unspecified atom stereocenters. The molecule has 0 amide bonds. The number of nitrogens with two attached hydrogens (primary N) is 1. The Bertz CT molecular complexity index is 417. The molecule has 0 aliphatic heterocycles. The van der Waals surface area contributed by atoms with Gasteiger partial charge in [-0.25, -0.2) is 4.39 Å². The van der Waals surface area contributed by atoms with E-state index in [9.17, 15) is 4.39 Å². The lowest BCUT2D eigenvalue weighted by atomic mass is 9.83. The SMILES string of the molecule is NNC(Cc1ccc(F)c(Cl)c1)C1CCCCCCC1. The first kappa shape index (κ1) is 15.7. The summed E-state index contributed by atoms with van der Waals surface area (Å²) in [5.74, 6) is 5.99. The molecule has 1 saturated carbocycles. The topological polar surface area (TPSA) is 38.0 Å². The molecular weight excluding hydrogens is 275 g/mol. The van der Waals surface area contributed by atoms with Crippen molar-refractivity contribution < 1.29 is 4.39 Å². The molecule has 112 valence electrons. The highest BCUT2D eigenvalue weighted by atomic mass is 35.5. The number of benzene rings is 1. The monoisotopic (exact) mass is 298 g/mol. The van der Waals surface area contributed by atoms with E-state index in [0.29, 0.717) is 5.92 Å². The van der Waals surface area contributed by atoms with E-state index in [0.717, 1.165) is 12.0 Å². The van der Waals surface area contributed by atoms with Gasteiger partial charge in [0.1, 0.15) is 5.82 Å². The highest BCUT2D eigenvalue weighted by Crippen LogP contribution is 2.27. The van der Waals surface area contributed by atoms with Crippen molar-refractivity contribution in [2.75, 3.05) is 0 Å². The smallest absolute Gasteiger partial charge is 0.141 e. The summed E-state index contributed by atoms with van der Waals surface area (Å²) in [5, 5.41) is 0.191. The van der Waals surface area contributed by atoms with Gasteiger partial charge >= 0.3 is 0 Å². The summed E-state index contributed by atoms with van der Waals surface area (Å²) in [5.41, 5.74) is 4.01. The molecule has 0 aromatic heterocycles. The molecule has 0 saturated heterocycles. The predicted molar refractivity (Wildman–Crippen MR) is 82.0 cm³/mol. The quantitative estimate of drug-likeness (QED) is 0.645. The largest absolute Gasteiger partial charge is 0.271 e. The Kier molecular flexibility index (Phi) is 6.27. The Hall–Kier alpha value is -0.640. The van der Waals surface area contributed by atoms with Crippen LogP contribution in [0.4, 0.5) is 4.39 Å². The molecule has 20 heavy (non-hydrogen) atoms. The number of halogens is 2. The van der Waals surface area contributed by atoms with Gasteiger partial charge in [-0.05, 0) is 42.9 Å². The molecule has 0 bridgehead atoms. The van der Waals surface area contributed by atoms with Gasteiger partial charge in [0, 0.05) is 6.04 Å². The normalized spacial score (nSPS) is 19.4. The Morgan fingerprint density at radius 2 is 1.85 bits per heavy atom. The second-order valence-corrected chi connectivity index (χ2v) is 6.24. The Morgan fingerprint density at radius 3 is 2.45 bits per heavy atom. The van der Waals surface area contributed by atoms with Crippen LogP contribution in [0.15, 0.2) is 18.2 Å². The zero-order chi connectivity index (χ0) is 14.4. The van der Waals surface area contributed by atoms with Crippen LogP contribution < -0.4 is 11.3 Å². The van der Waals surface area contributed by atoms with Crippen molar-refractivity contribution in [2.24, 2.45) is 11.8 Å². The van der Waals surface area contributed by atoms with Crippen molar-refractivity contribution in [1.82, 2.24) is 5.43 Å². The molecule has 1 atom stereocenters. The third-order valence-electron chi connectivity index (χ3n) is 4.37. The van der Waals surface area contributed by atoms with E-state index in [2.05, 4.69) is 5.43 Å². The summed E-state index contributed by atoms with van der Waals surface area (Å²) in [6.45, 7) is 0. The van der Waals surface area contributed by atoms with E-state index in [-0.39, 0.29) is 16.9 Å². The fourth-order valence-corrected chi connectivity index (χ4v) is 3.38. The van der Waals surface area contributed by atoms with Crippen molar-refractivity contribution >= 4 is 11.6 Å². The van der Waals surface area contributed by atoms with E-state index in [1.54, 1.807) is 12.1 Å². The maximum atomic E-state index is 13.2. The molecule has 2 nitrogen and oxygen atoms in total. The Morgan fingerprint density at radius 1 is 1.20 bits per heavy atom. The predicted octanol–water partition coefficient (Wildman–Crippen LogP) is 4.21. The van der Waals surface area contributed by atoms with E-state index in [1.165, 1.54) is 51.0 Å². The molecule has 1 fully saturated rings. The summed E-state index contributed by atoms with van der Waals surface area (Å²) < 4.78 is 13.2. The van der Waals surface area contributed by atoms with Crippen LogP contribution >= 0.6 is 11.6 Å². The number of nitrogens with one attached hydrogen (secondary N) is 1. The highest BCUT2D eigenvalue weighted by molar-refractivity contribution is 6.30. The van der Waals surface area contributed by atoms with Gasteiger partial charge in [0.05, 0.1) is 5.02 Å². The van der Waals surface area contributed by atoms with E-state index >= 15 is 0 Å². The van der Waals surface area contributed by atoms with Crippen molar-refractivity contribution in [3.63, 3.8) is 0 Å². The van der Waals surface area contributed by atoms with Gasteiger partial charge in [0.2, 0.25) is 0 Å². The van der Waals surface area contributed by atoms with Gasteiger partial charge in [0.25, 0.3) is 0 Å². The van der Waals surface area contributed by atoms with E-state index < -0.39 is 0 Å². The minimum atomic E-state index is -0.362. The molecule has 1 aromatic rings. The van der Waals surface area contributed by atoms with Crippen LogP contribution in [0.1, 0.15) is 50.5 Å². The first-order chi connectivity index (χ1) is 9.70. The second kappa shape index (κ2) is 7.96. The first-order valence-corrected chi connectivity index (χ1v) is 7.98. The van der Waals surface area contributed by atoms with Crippen LogP contribution in [0, 0.1) is 11.7 Å². The number of hydrazine groups is 1. The minimum Gasteiger partial charge on any atom is -0.271 e. The molecule has 0 spiro atoms. The van der Waals surface area contributed by atoms with Crippen molar-refractivity contribution in [1.29, 1.82) is 0 Å². The van der Waals surface area contributed by atoms with Gasteiger partial charge in [0.15, 0.2) is 0 Å². The average Bonchev–Trinajstić information content (AvgIpc) is 2.40. The zero-order valence-electron chi connectivity index (χ0n) is 11.9. The van der Waals surface area contributed by atoms with Crippen LogP contribution in [-0.4, -0.2) is 6.04 Å². The summed E-state index contributed by atoms with van der Waals surface area (Å²) in [7, 11) is 0. The number of rotatable bonds is 4. The summed E-state index contributed by atoms with van der Waals surface area (Å²) in [6.07, 6.45) is 9.85. The van der Waals surface area contributed by atoms with Gasteiger partial charge in [-0.2, -0.15) is 0 Å². The van der Waals surface area contributed by atoms with Crippen molar-refractivity contribution in [2.45, 2.75) is 57.4 Å². The van der Waals surface area contributed by atoms with E-state index in [4.69, 9.17) is 17.4 Å². The molecule has 2 rings (SSSR count). The van der Waals surface area contributed by atoms with Crippen molar-refractivity contribution in [3.05, 3.63) is 34.6 Å². The van der Waals surface area contributed by atoms with Crippen molar-refractivity contribution in [3.8, 4) is 0 Å². The summed E-state index contributed by atoms with van der Waals surface area (Å²) in [6, 6.07) is 5.19. The fraction of sp³-hybridized carbons (Fsp3) is 0.625. The zero-order valence-corrected chi connectivity index (χ0v) is 12.6. The van der Waals surface area contributed by atoms with Gasteiger partial charge in [-0.1, -0.05) is 49.8 Å². The van der Waals surface area contributed by atoms with Gasteiger partial charge < -0.3 is 0 Å². The third-order valence-corrected chi connectivity index (χ3v) is 4.66. The van der Waals surface area contributed by atoms with Crippen LogP contribution in [-0.2, 0) is 6.42 Å². The molecule has 3 N–H and O–H groups in total. The molecule has 0 radical (unpaired) electrons. The highest BCUT2D eigenvalue weighted by Gasteiger charge is 2.21. The first-order valence-electron chi connectivity index (χ1n) is 7.60. The summed E-state index contributed by atoms with van der Waals surface area (Å²) in [4.78, 5) is 0. The number of hydrogen-bond donors (Lipinski definition) is 2. The molecule has 1 aromatic carbocycles. The van der Waals surface area contributed by atoms with Gasteiger partial charge in [-0.15, -0.1) is 0 Å². The van der Waals surface area contributed by atoms with Crippen LogP contribution in [0.25, 0.3) is 0 Å². The lowest BCUT2D eigenvalue weighted by Gasteiger charge is -2.28. The fourth-order valence-electron chi connectivity index (χ4n) is 3.17. The molecule has 1 aliphatic rings.